The van der Waals surface area contributed by atoms with Crippen LogP contribution in [0.3, 0.4) is 0 Å². The van der Waals surface area contributed by atoms with E-state index >= 15 is 0 Å². The number of carbonyl (C=O) groups is 1. The topological polar surface area (TPSA) is 23.6 Å². The number of carbonyl (C=O) groups excluding carboxylic acids is 1. The molecule has 0 saturated heterocycles. The molecule has 0 aliphatic heterocycles. The zero-order valence-electron chi connectivity index (χ0n) is 28.6. The van der Waals surface area contributed by atoms with Crippen molar-refractivity contribution in [3.8, 4) is 0 Å². The molecule has 4 atom stereocenters. The predicted molar refractivity (Wildman–Crippen MR) is 196 cm³/mol. The maximum atomic E-state index is 11.1. The quantitative estimate of drug-likeness (QED) is 0.0934. The highest BCUT2D eigenvalue weighted by Gasteiger charge is 2.51. The van der Waals surface area contributed by atoms with Crippen molar-refractivity contribution in [2.45, 2.75) is 85.7 Å². The minimum absolute atomic E-state index is 0.241. The van der Waals surface area contributed by atoms with Crippen molar-refractivity contribution in [3.63, 3.8) is 0 Å². The van der Waals surface area contributed by atoms with E-state index < -0.39 is 0 Å². The minimum Gasteiger partial charge on any atom is -0.365 e. The van der Waals surface area contributed by atoms with E-state index in [1.54, 1.807) is 0 Å². The largest absolute Gasteiger partial charge is 0.365 e. The van der Waals surface area contributed by atoms with Crippen LogP contribution in [-0.4, -0.2) is 24.9 Å². The molecule has 3 aromatic carbocycles. The molecule has 0 spiro atoms. The van der Waals surface area contributed by atoms with Gasteiger partial charge in [0.1, 0.15) is 6.29 Å². The highest BCUT2D eigenvalue weighted by atomic mass is 16.1. The third kappa shape index (κ3) is 6.84. The number of anilines is 3. The molecule has 3 heteroatoms. The number of hydrogen-bond acceptors (Lipinski definition) is 3. The number of hydrogen-bond donors (Lipinski definition) is 0. The first kappa shape index (κ1) is 31.9. The summed E-state index contributed by atoms with van der Waals surface area (Å²) in [5.41, 5.74) is 13.0. The van der Waals surface area contributed by atoms with Gasteiger partial charge in [0.25, 0.3) is 0 Å². The van der Waals surface area contributed by atoms with Gasteiger partial charge in [0.15, 0.2) is 0 Å². The van der Waals surface area contributed by atoms with E-state index in [2.05, 4.69) is 142 Å². The van der Waals surface area contributed by atoms with Crippen molar-refractivity contribution in [3.05, 3.63) is 131 Å². The molecular weight excluding hydrogens is 560 g/mol. The van der Waals surface area contributed by atoms with Crippen LogP contribution in [0.4, 0.5) is 17.1 Å². The fraction of sp³-hybridized carbons (Fsp3) is 0.372. The Kier molecular flexibility index (Phi) is 9.22. The average Bonchev–Trinajstić information content (AvgIpc) is 3.72. The molecular formula is C43H50N2O. The van der Waals surface area contributed by atoms with Gasteiger partial charge in [0, 0.05) is 29.6 Å². The van der Waals surface area contributed by atoms with Crippen LogP contribution in [-0.2, 0) is 4.79 Å². The Bertz CT molecular complexity index is 1680. The number of nitrogens with zero attached hydrogens (tertiary/aromatic N) is 2. The molecule has 0 aromatic heterocycles. The average molecular weight is 611 g/mol. The summed E-state index contributed by atoms with van der Waals surface area (Å²) in [5, 5.41) is 0. The van der Waals surface area contributed by atoms with Crippen LogP contribution in [0.25, 0.3) is 5.57 Å². The maximum absolute atomic E-state index is 11.1. The van der Waals surface area contributed by atoms with Crippen LogP contribution < -0.4 is 9.80 Å². The lowest BCUT2D eigenvalue weighted by Crippen LogP contribution is -2.38. The standard InChI is InChI=1S/C43H50N2O/c1-30-12-9-14-37(23-30)45(38-15-10-13-31(2)24-38)39-19-21-42(34(5)26-39)41-20-18-36(25-33(41)4)44(22-8-7-11-32(3)29-46)40-17-16-35-27-43(35,6)28-40/h9-21,23-25,29,35,39-40H,7-8,22,26-28H2,1-6H3/b32-11-. The van der Waals surface area contributed by atoms with Gasteiger partial charge >= 0.3 is 0 Å². The number of aldehydes is 1. The third-order valence-corrected chi connectivity index (χ3v) is 10.5. The molecule has 3 aliphatic rings. The van der Waals surface area contributed by atoms with E-state index in [1.807, 2.05) is 6.92 Å². The summed E-state index contributed by atoms with van der Waals surface area (Å²) < 4.78 is 0. The highest BCUT2D eigenvalue weighted by molar-refractivity contribution is 5.81. The first-order valence-electron chi connectivity index (χ1n) is 17.1. The second kappa shape index (κ2) is 13.3. The van der Waals surface area contributed by atoms with Crippen LogP contribution in [0.2, 0.25) is 0 Å². The lowest BCUT2D eigenvalue weighted by molar-refractivity contribution is -0.104. The van der Waals surface area contributed by atoms with Crippen LogP contribution in [0.1, 0.15) is 75.1 Å². The molecule has 238 valence electrons. The molecule has 0 radical (unpaired) electrons. The second-order valence-corrected chi connectivity index (χ2v) is 14.4. The van der Waals surface area contributed by atoms with Gasteiger partial charge < -0.3 is 9.80 Å². The summed E-state index contributed by atoms with van der Waals surface area (Å²) in [5.74, 6) is 0.762. The Balaban J connectivity index is 1.25. The Morgan fingerprint density at radius 1 is 0.848 bits per heavy atom. The molecule has 3 aliphatic carbocycles. The van der Waals surface area contributed by atoms with Crippen LogP contribution in [0.15, 0.2) is 108 Å². The molecule has 0 heterocycles. The summed E-state index contributed by atoms with van der Waals surface area (Å²) in [7, 11) is 0. The third-order valence-electron chi connectivity index (χ3n) is 10.5. The van der Waals surface area contributed by atoms with E-state index in [1.165, 1.54) is 63.3 Å². The highest BCUT2D eigenvalue weighted by Crippen LogP contribution is 2.59. The first-order valence-corrected chi connectivity index (χ1v) is 17.1. The van der Waals surface area contributed by atoms with E-state index in [0.29, 0.717) is 11.5 Å². The summed E-state index contributed by atoms with van der Waals surface area (Å²) in [6.45, 7) is 14.3. The Hall–Kier alpha value is -4.11. The van der Waals surface area contributed by atoms with E-state index in [9.17, 15) is 4.79 Å². The number of unbranched alkanes of at least 4 members (excludes halogenated alkanes) is 1. The minimum atomic E-state index is 0.241. The van der Waals surface area contributed by atoms with Gasteiger partial charge in [-0.2, -0.15) is 0 Å². The Labute approximate surface area is 277 Å². The SMILES string of the molecule is CC1=C(c2ccc(N(CCC/C=C(/C)C=O)C3C=CC4CC4(C)C3)cc2C)C=CC(N(c2cccc(C)c2)c2cccc(C)c2)C1. The van der Waals surface area contributed by atoms with Gasteiger partial charge in [-0.15, -0.1) is 0 Å². The first-order chi connectivity index (χ1) is 22.1. The van der Waals surface area contributed by atoms with Crippen LogP contribution in [0.5, 0.6) is 0 Å². The van der Waals surface area contributed by atoms with Gasteiger partial charge in [-0.1, -0.05) is 73.2 Å². The van der Waals surface area contributed by atoms with Crippen molar-refractivity contribution in [2.24, 2.45) is 11.3 Å². The molecule has 6 rings (SSSR count). The van der Waals surface area contributed by atoms with Crippen molar-refractivity contribution in [1.82, 2.24) is 0 Å². The van der Waals surface area contributed by atoms with Gasteiger partial charge in [-0.3, -0.25) is 4.79 Å². The molecule has 0 N–H and O–H groups in total. The summed E-state index contributed by atoms with van der Waals surface area (Å²) in [6, 6.07) is 25.5. The molecule has 1 fully saturated rings. The lowest BCUT2D eigenvalue weighted by atomic mass is 9.87. The van der Waals surface area contributed by atoms with Crippen LogP contribution >= 0.6 is 0 Å². The maximum Gasteiger partial charge on any atom is 0.145 e. The van der Waals surface area contributed by atoms with E-state index in [4.69, 9.17) is 0 Å². The van der Waals surface area contributed by atoms with E-state index in [-0.39, 0.29) is 6.04 Å². The zero-order chi connectivity index (χ0) is 32.4. The molecule has 0 bridgehead atoms. The smallest absolute Gasteiger partial charge is 0.145 e. The molecule has 4 unspecified atom stereocenters. The summed E-state index contributed by atoms with van der Waals surface area (Å²) in [6.07, 6.45) is 18.2. The molecule has 3 aromatic rings. The normalized spacial score (nSPS) is 23.7. The number of fused-ring (bicyclic) bond motifs is 1. The number of rotatable bonds is 11. The molecule has 46 heavy (non-hydrogen) atoms. The fourth-order valence-corrected chi connectivity index (χ4v) is 7.68. The monoisotopic (exact) mass is 610 g/mol. The summed E-state index contributed by atoms with van der Waals surface area (Å²) in [4.78, 5) is 16.2. The van der Waals surface area contributed by atoms with Crippen molar-refractivity contribution >= 4 is 28.9 Å². The Morgan fingerprint density at radius 2 is 1.57 bits per heavy atom. The van der Waals surface area contributed by atoms with Crippen molar-refractivity contribution in [1.29, 1.82) is 0 Å². The van der Waals surface area contributed by atoms with Crippen molar-refractivity contribution < 1.29 is 4.79 Å². The molecule has 1 saturated carbocycles. The summed E-state index contributed by atoms with van der Waals surface area (Å²) >= 11 is 0. The van der Waals surface area contributed by atoms with Gasteiger partial charge in [0.2, 0.25) is 0 Å². The number of benzene rings is 3. The van der Waals surface area contributed by atoms with E-state index in [0.717, 1.165) is 43.6 Å². The molecule has 0 amide bonds. The lowest BCUT2D eigenvalue weighted by Gasteiger charge is -2.36. The second-order valence-electron chi connectivity index (χ2n) is 14.4. The van der Waals surface area contributed by atoms with Gasteiger partial charge in [-0.05, 0) is 148 Å². The van der Waals surface area contributed by atoms with Gasteiger partial charge in [-0.25, -0.2) is 0 Å². The number of aryl methyl sites for hydroxylation is 3. The zero-order valence-corrected chi connectivity index (χ0v) is 28.6. The van der Waals surface area contributed by atoms with Crippen LogP contribution in [0, 0.1) is 32.1 Å². The Morgan fingerprint density at radius 3 is 2.17 bits per heavy atom. The fourth-order valence-electron chi connectivity index (χ4n) is 7.68. The number of allylic oxidation sites excluding steroid dienone is 5. The van der Waals surface area contributed by atoms with Gasteiger partial charge in [0.05, 0.1) is 6.04 Å². The van der Waals surface area contributed by atoms with Crippen molar-refractivity contribution in [2.75, 3.05) is 16.3 Å². The molecule has 3 nitrogen and oxygen atoms in total. The predicted octanol–water partition coefficient (Wildman–Crippen LogP) is 10.6.